The first-order valence-corrected chi connectivity index (χ1v) is 8.31. The third kappa shape index (κ3) is 2.60. The van der Waals surface area contributed by atoms with Crippen molar-refractivity contribution in [1.29, 1.82) is 0 Å². The van der Waals surface area contributed by atoms with Crippen molar-refractivity contribution in [2.75, 3.05) is 20.2 Å². The number of halogens is 1. The highest BCUT2D eigenvalue weighted by molar-refractivity contribution is 6.33. The molecule has 2 aromatic carbocycles. The second-order valence-corrected chi connectivity index (χ2v) is 6.31. The van der Waals surface area contributed by atoms with Crippen LogP contribution in [0.25, 0.3) is 22.0 Å². The molecule has 0 atom stereocenters. The van der Waals surface area contributed by atoms with E-state index in [2.05, 4.69) is 34.1 Å². The number of hydrogen-bond acceptors (Lipinski definition) is 2. The molecule has 3 aromatic rings. The van der Waals surface area contributed by atoms with Crippen molar-refractivity contribution < 1.29 is 4.74 Å². The number of nitrogens with one attached hydrogen (secondary N) is 1. The summed E-state index contributed by atoms with van der Waals surface area (Å²) < 4.78 is 7.66. The fourth-order valence-electron chi connectivity index (χ4n) is 3.34. The fourth-order valence-corrected chi connectivity index (χ4v) is 3.62. The zero-order chi connectivity index (χ0) is 15.8. The van der Waals surface area contributed by atoms with Gasteiger partial charge in [-0.15, -0.1) is 0 Å². The molecule has 118 valence electrons. The minimum absolute atomic E-state index is 0.716. The lowest BCUT2D eigenvalue weighted by Crippen LogP contribution is -2.17. The minimum Gasteiger partial charge on any atom is -0.497 e. The summed E-state index contributed by atoms with van der Waals surface area (Å²) in [4.78, 5) is 0. The molecule has 1 aromatic heterocycles. The van der Waals surface area contributed by atoms with Gasteiger partial charge >= 0.3 is 0 Å². The van der Waals surface area contributed by atoms with Gasteiger partial charge in [-0.3, -0.25) is 0 Å². The number of nitrogens with zero attached hydrogens (tertiary/aromatic N) is 1. The van der Waals surface area contributed by atoms with Crippen molar-refractivity contribution in [1.82, 2.24) is 9.88 Å². The van der Waals surface area contributed by atoms with Crippen LogP contribution in [0.4, 0.5) is 0 Å². The molecule has 0 amide bonds. The van der Waals surface area contributed by atoms with Crippen molar-refractivity contribution in [2.24, 2.45) is 0 Å². The molecule has 3 nitrogen and oxygen atoms in total. The number of rotatable bonds is 2. The molecule has 2 heterocycles. The molecule has 4 rings (SSSR count). The number of fused-ring (bicyclic) bond motifs is 3. The molecule has 0 aliphatic carbocycles. The van der Waals surface area contributed by atoms with Crippen LogP contribution in [0.5, 0.6) is 5.75 Å². The van der Waals surface area contributed by atoms with Crippen molar-refractivity contribution in [2.45, 2.75) is 13.0 Å². The Morgan fingerprint density at radius 1 is 1.09 bits per heavy atom. The molecule has 0 saturated carbocycles. The van der Waals surface area contributed by atoms with Gasteiger partial charge in [0.2, 0.25) is 0 Å². The number of methoxy groups -OCH3 is 1. The molecular weight excluding hydrogens is 308 g/mol. The zero-order valence-electron chi connectivity index (χ0n) is 13.1. The van der Waals surface area contributed by atoms with Gasteiger partial charge in [-0.1, -0.05) is 23.7 Å². The smallest absolute Gasteiger partial charge is 0.120 e. The van der Waals surface area contributed by atoms with E-state index in [4.69, 9.17) is 16.3 Å². The summed E-state index contributed by atoms with van der Waals surface area (Å²) in [7, 11) is 1.65. The van der Waals surface area contributed by atoms with Crippen molar-refractivity contribution in [3.05, 3.63) is 53.2 Å². The normalized spacial score (nSPS) is 14.5. The fraction of sp³-hybridized carbons (Fsp3) is 0.263. The van der Waals surface area contributed by atoms with Gasteiger partial charge in [-0.05, 0) is 41.3 Å². The summed E-state index contributed by atoms with van der Waals surface area (Å²) in [6.45, 7) is 3.08. The van der Waals surface area contributed by atoms with Gasteiger partial charge in [0.1, 0.15) is 5.75 Å². The highest BCUT2D eigenvalue weighted by atomic mass is 35.5. The Kier molecular flexibility index (Phi) is 3.76. The second-order valence-electron chi connectivity index (χ2n) is 5.91. The summed E-state index contributed by atoms with van der Waals surface area (Å²) in [6, 6.07) is 14.7. The van der Waals surface area contributed by atoms with Gasteiger partial charge < -0.3 is 14.6 Å². The van der Waals surface area contributed by atoms with Crippen LogP contribution in [0.3, 0.4) is 0 Å². The maximum atomic E-state index is 6.44. The first kappa shape index (κ1) is 14.6. The Balaban J connectivity index is 1.84. The average molecular weight is 327 g/mol. The van der Waals surface area contributed by atoms with Crippen molar-refractivity contribution in [3.63, 3.8) is 0 Å². The number of benzene rings is 2. The molecule has 0 bridgehead atoms. The Morgan fingerprint density at radius 2 is 2.00 bits per heavy atom. The monoisotopic (exact) mass is 326 g/mol. The standard InChI is InChI=1S/C19H19ClN2O/c1-23-16-4-5-17(18(20)12-16)13-2-3-14-10-15-6-7-21-8-9-22(15)19(14)11-13/h2-5,10-12,21H,6-9H2,1H3. The molecule has 0 spiro atoms. The Morgan fingerprint density at radius 3 is 2.83 bits per heavy atom. The van der Waals surface area contributed by atoms with E-state index < -0.39 is 0 Å². The molecule has 0 radical (unpaired) electrons. The molecule has 23 heavy (non-hydrogen) atoms. The average Bonchev–Trinajstić information content (AvgIpc) is 2.75. The van der Waals surface area contributed by atoms with Crippen LogP contribution in [0.15, 0.2) is 42.5 Å². The van der Waals surface area contributed by atoms with Gasteiger partial charge in [0, 0.05) is 42.8 Å². The predicted octanol–water partition coefficient (Wildman–Crippen LogP) is 4.12. The van der Waals surface area contributed by atoms with Gasteiger partial charge in [0.05, 0.1) is 12.1 Å². The van der Waals surface area contributed by atoms with Crippen LogP contribution < -0.4 is 10.1 Å². The zero-order valence-corrected chi connectivity index (χ0v) is 13.9. The first-order chi connectivity index (χ1) is 11.3. The van der Waals surface area contributed by atoms with Crippen LogP contribution >= 0.6 is 11.6 Å². The molecule has 1 aliphatic heterocycles. The quantitative estimate of drug-likeness (QED) is 0.767. The van der Waals surface area contributed by atoms with Gasteiger partial charge in [-0.2, -0.15) is 0 Å². The molecule has 0 unspecified atom stereocenters. The first-order valence-electron chi connectivity index (χ1n) is 7.93. The molecular formula is C19H19ClN2O. The SMILES string of the molecule is COc1ccc(-c2ccc3cc4n(c3c2)CCNCC4)c(Cl)c1. The number of ether oxygens (including phenoxy) is 1. The number of aromatic nitrogens is 1. The van der Waals surface area contributed by atoms with Crippen LogP contribution in [-0.4, -0.2) is 24.8 Å². The Hall–Kier alpha value is -1.97. The van der Waals surface area contributed by atoms with Gasteiger partial charge in [-0.25, -0.2) is 0 Å². The Labute approximate surface area is 140 Å². The third-order valence-corrected chi connectivity index (χ3v) is 4.86. The van der Waals surface area contributed by atoms with Gasteiger partial charge in [0.25, 0.3) is 0 Å². The second kappa shape index (κ2) is 5.91. The maximum Gasteiger partial charge on any atom is 0.120 e. The van der Waals surface area contributed by atoms with E-state index in [-0.39, 0.29) is 0 Å². The topological polar surface area (TPSA) is 26.2 Å². The van der Waals surface area contributed by atoms with E-state index in [0.717, 1.165) is 42.9 Å². The van der Waals surface area contributed by atoms with Crippen LogP contribution in [0.1, 0.15) is 5.69 Å². The van der Waals surface area contributed by atoms with E-state index >= 15 is 0 Å². The molecule has 1 aliphatic rings. The summed E-state index contributed by atoms with van der Waals surface area (Å²) >= 11 is 6.44. The van der Waals surface area contributed by atoms with Crippen molar-refractivity contribution in [3.8, 4) is 16.9 Å². The number of hydrogen-bond donors (Lipinski definition) is 1. The van der Waals surface area contributed by atoms with Crippen LogP contribution in [-0.2, 0) is 13.0 Å². The predicted molar refractivity (Wildman–Crippen MR) is 95.5 cm³/mol. The van der Waals surface area contributed by atoms with Crippen LogP contribution in [0, 0.1) is 0 Å². The summed E-state index contributed by atoms with van der Waals surface area (Å²) in [5.74, 6) is 0.780. The minimum atomic E-state index is 0.716. The van der Waals surface area contributed by atoms with E-state index in [1.165, 1.54) is 16.6 Å². The van der Waals surface area contributed by atoms with E-state index in [9.17, 15) is 0 Å². The summed E-state index contributed by atoms with van der Waals surface area (Å²) in [5.41, 5.74) is 4.87. The molecule has 4 heteroatoms. The van der Waals surface area contributed by atoms with E-state index in [0.29, 0.717) is 5.02 Å². The lowest BCUT2D eigenvalue weighted by molar-refractivity contribution is 0.415. The van der Waals surface area contributed by atoms with Gasteiger partial charge in [0.15, 0.2) is 0 Å². The lowest BCUT2D eigenvalue weighted by atomic mass is 10.0. The highest BCUT2D eigenvalue weighted by Crippen LogP contribution is 2.33. The third-order valence-electron chi connectivity index (χ3n) is 4.55. The highest BCUT2D eigenvalue weighted by Gasteiger charge is 2.13. The van der Waals surface area contributed by atoms with Crippen molar-refractivity contribution >= 4 is 22.5 Å². The van der Waals surface area contributed by atoms with Crippen LogP contribution in [0.2, 0.25) is 5.02 Å². The molecule has 0 fully saturated rings. The molecule has 0 saturated heterocycles. The largest absolute Gasteiger partial charge is 0.497 e. The summed E-state index contributed by atoms with van der Waals surface area (Å²) in [6.07, 6.45) is 1.08. The summed E-state index contributed by atoms with van der Waals surface area (Å²) in [5, 5.41) is 5.47. The van der Waals surface area contributed by atoms with E-state index in [1.54, 1.807) is 7.11 Å². The van der Waals surface area contributed by atoms with E-state index in [1.807, 2.05) is 18.2 Å². The molecule has 1 N–H and O–H groups in total. The maximum absolute atomic E-state index is 6.44. The lowest BCUT2D eigenvalue weighted by Gasteiger charge is -2.10. The Bertz CT molecular complexity index is 869.